The van der Waals surface area contributed by atoms with Crippen molar-refractivity contribution in [3.05, 3.63) is 66.5 Å². The van der Waals surface area contributed by atoms with Crippen LogP contribution in [-0.4, -0.2) is 23.3 Å². The lowest BCUT2D eigenvalue weighted by Crippen LogP contribution is -2.25. The molecule has 25 heavy (non-hydrogen) atoms. The van der Waals surface area contributed by atoms with Gasteiger partial charge in [-0.3, -0.25) is 4.98 Å². The monoisotopic (exact) mass is 368 g/mol. The molecule has 1 aromatic carbocycles. The summed E-state index contributed by atoms with van der Waals surface area (Å²) in [5, 5.41) is 3.33. The minimum Gasteiger partial charge on any atom is -0.255 e. The van der Waals surface area contributed by atoms with Gasteiger partial charge in [0.15, 0.2) is 5.69 Å². The van der Waals surface area contributed by atoms with Crippen molar-refractivity contribution in [1.29, 1.82) is 0 Å². The van der Waals surface area contributed by atoms with Gasteiger partial charge in [0.1, 0.15) is 5.69 Å². The third-order valence-corrected chi connectivity index (χ3v) is 4.49. The molecule has 0 saturated heterocycles. The first-order valence-corrected chi connectivity index (χ1v) is 8.42. The molecule has 0 aliphatic rings. The highest BCUT2D eigenvalue weighted by Gasteiger charge is 2.36. The van der Waals surface area contributed by atoms with Crippen molar-refractivity contribution in [3.8, 4) is 11.4 Å². The van der Waals surface area contributed by atoms with Gasteiger partial charge in [0.05, 0.1) is 10.6 Å². The minimum absolute atomic E-state index is 0.106. The van der Waals surface area contributed by atoms with Crippen LogP contribution in [0, 0.1) is 0 Å². The van der Waals surface area contributed by atoms with Gasteiger partial charge in [0.2, 0.25) is 0 Å². The zero-order chi connectivity index (χ0) is 18.1. The molecule has 0 saturated carbocycles. The molecule has 3 rings (SSSR count). The topological polar surface area (TPSA) is 76.9 Å². The quantitative estimate of drug-likeness (QED) is 0.768. The summed E-state index contributed by atoms with van der Waals surface area (Å²) in [6, 6.07) is 12.6. The van der Waals surface area contributed by atoms with Crippen LogP contribution in [0.25, 0.3) is 11.4 Å². The first kappa shape index (κ1) is 17.0. The molecule has 0 radical (unpaired) electrons. The molecular formula is C15H11F3N4O2S. The molecule has 130 valence electrons. The third-order valence-electron chi connectivity index (χ3n) is 3.19. The third kappa shape index (κ3) is 3.63. The van der Waals surface area contributed by atoms with Crippen LogP contribution in [0.3, 0.4) is 0 Å². The van der Waals surface area contributed by atoms with Crippen molar-refractivity contribution in [1.82, 2.24) is 14.9 Å². The van der Waals surface area contributed by atoms with Crippen molar-refractivity contribution in [3.63, 3.8) is 0 Å². The van der Waals surface area contributed by atoms with Gasteiger partial charge in [-0.05, 0) is 24.3 Å². The highest BCUT2D eigenvalue weighted by molar-refractivity contribution is 7.92. The number of hydrogen-bond acceptors (Lipinski definition) is 4. The molecule has 0 bridgehead atoms. The molecular weight excluding hydrogens is 357 g/mol. The van der Waals surface area contributed by atoms with E-state index >= 15 is 0 Å². The van der Waals surface area contributed by atoms with Gasteiger partial charge >= 0.3 is 6.18 Å². The summed E-state index contributed by atoms with van der Waals surface area (Å²) in [5.74, 6) is 0. The molecule has 0 aliphatic heterocycles. The maximum atomic E-state index is 13.0. The van der Waals surface area contributed by atoms with E-state index in [1.54, 1.807) is 18.2 Å². The number of pyridine rings is 1. The van der Waals surface area contributed by atoms with E-state index in [0.717, 1.165) is 6.07 Å². The highest BCUT2D eigenvalue weighted by Crippen LogP contribution is 2.31. The molecule has 2 heterocycles. The first-order chi connectivity index (χ1) is 11.8. The zero-order valence-electron chi connectivity index (χ0n) is 12.5. The van der Waals surface area contributed by atoms with Gasteiger partial charge < -0.3 is 0 Å². The van der Waals surface area contributed by atoms with Crippen LogP contribution in [-0.2, 0) is 16.2 Å². The average molecular weight is 368 g/mol. The second-order valence-electron chi connectivity index (χ2n) is 4.95. The number of sulfonamides is 1. The van der Waals surface area contributed by atoms with Crippen LogP contribution in [0.5, 0.6) is 0 Å². The highest BCUT2D eigenvalue weighted by atomic mass is 32.2. The van der Waals surface area contributed by atoms with E-state index in [0.29, 0.717) is 4.79 Å². The normalized spacial score (nSPS) is 12.1. The molecule has 1 N–H and O–H groups in total. The predicted octanol–water partition coefficient (Wildman–Crippen LogP) is 2.90. The summed E-state index contributed by atoms with van der Waals surface area (Å²) in [6.45, 7) is 0. The molecule has 0 amide bonds. The lowest BCUT2D eigenvalue weighted by molar-refractivity contribution is -0.141. The van der Waals surface area contributed by atoms with E-state index in [1.807, 2.05) is 4.83 Å². The summed E-state index contributed by atoms with van der Waals surface area (Å²) in [4.78, 5) is 6.43. The summed E-state index contributed by atoms with van der Waals surface area (Å²) >= 11 is 0. The predicted molar refractivity (Wildman–Crippen MR) is 83.4 cm³/mol. The average Bonchev–Trinajstić information content (AvgIpc) is 3.00. The molecule has 0 aliphatic carbocycles. The lowest BCUT2D eigenvalue weighted by atomic mass is 10.2. The fourth-order valence-electron chi connectivity index (χ4n) is 2.05. The maximum absolute atomic E-state index is 13.0. The van der Waals surface area contributed by atoms with E-state index in [1.165, 1.54) is 36.5 Å². The molecule has 10 heteroatoms. The Morgan fingerprint density at radius 1 is 1.00 bits per heavy atom. The Balaban J connectivity index is 2.08. The minimum atomic E-state index is -4.73. The smallest absolute Gasteiger partial charge is 0.255 e. The summed E-state index contributed by atoms with van der Waals surface area (Å²) < 4.78 is 63.7. The van der Waals surface area contributed by atoms with E-state index < -0.39 is 21.9 Å². The Morgan fingerprint density at radius 3 is 2.28 bits per heavy atom. The number of nitrogens with one attached hydrogen (secondary N) is 1. The fraction of sp³-hybridized carbons (Fsp3) is 0.0667. The van der Waals surface area contributed by atoms with E-state index in [-0.39, 0.29) is 16.3 Å². The standard InChI is InChI=1S/C15H11F3N4O2S/c16-15(17,18)14-10-13(12-8-4-5-9-19-12)22(20-14)21-25(23,24)11-6-2-1-3-7-11/h1-10,21H. The summed E-state index contributed by atoms with van der Waals surface area (Å²) in [7, 11) is -4.12. The molecule has 0 unspecified atom stereocenters. The Bertz CT molecular complexity index is 971. The Kier molecular flexibility index (Phi) is 4.21. The number of benzene rings is 1. The van der Waals surface area contributed by atoms with Crippen LogP contribution in [0.4, 0.5) is 13.2 Å². The van der Waals surface area contributed by atoms with Crippen LogP contribution in [0.15, 0.2) is 65.7 Å². The number of nitrogens with zero attached hydrogens (tertiary/aromatic N) is 3. The van der Waals surface area contributed by atoms with Crippen molar-refractivity contribution in [2.45, 2.75) is 11.1 Å². The number of alkyl halides is 3. The number of rotatable bonds is 4. The van der Waals surface area contributed by atoms with Crippen molar-refractivity contribution in [2.24, 2.45) is 0 Å². The van der Waals surface area contributed by atoms with Gasteiger partial charge in [-0.25, -0.2) is 0 Å². The molecule has 6 nitrogen and oxygen atoms in total. The fourth-order valence-corrected chi connectivity index (χ4v) is 3.04. The van der Waals surface area contributed by atoms with Crippen LogP contribution in [0.1, 0.15) is 5.69 Å². The van der Waals surface area contributed by atoms with Gasteiger partial charge in [-0.1, -0.05) is 24.3 Å². The zero-order valence-corrected chi connectivity index (χ0v) is 13.3. The number of hydrogen-bond donors (Lipinski definition) is 1. The Morgan fingerprint density at radius 2 is 1.68 bits per heavy atom. The largest absolute Gasteiger partial charge is 0.435 e. The van der Waals surface area contributed by atoms with Crippen molar-refractivity contribution < 1.29 is 21.6 Å². The molecule has 0 fully saturated rings. The van der Waals surface area contributed by atoms with Gasteiger partial charge in [0, 0.05) is 12.3 Å². The summed E-state index contributed by atoms with van der Waals surface area (Å²) in [6.07, 6.45) is -3.35. The second kappa shape index (κ2) is 6.20. The molecule has 0 atom stereocenters. The van der Waals surface area contributed by atoms with Crippen LogP contribution in [0.2, 0.25) is 0 Å². The van der Waals surface area contributed by atoms with Gasteiger partial charge in [-0.2, -0.15) is 31.2 Å². The van der Waals surface area contributed by atoms with E-state index in [4.69, 9.17) is 0 Å². The van der Waals surface area contributed by atoms with Gasteiger partial charge in [-0.15, -0.1) is 5.10 Å². The number of aromatic nitrogens is 3. The van der Waals surface area contributed by atoms with E-state index in [2.05, 4.69) is 10.1 Å². The van der Waals surface area contributed by atoms with Crippen molar-refractivity contribution in [2.75, 3.05) is 4.83 Å². The first-order valence-electron chi connectivity index (χ1n) is 6.94. The Labute approximate surface area is 141 Å². The Hall–Kier alpha value is -2.88. The SMILES string of the molecule is O=S(=O)(Nn1nc(C(F)(F)F)cc1-c1ccccn1)c1ccccc1. The molecule has 2 aromatic heterocycles. The molecule has 3 aromatic rings. The van der Waals surface area contributed by atoms with Crippen LogP contribution >= 0.6 is 0 Å². The second-order valence-corrected chi connectivity index (χ2v) is 6.61. The number of halogens is 3. The lowest BCUT2D eigenvalue weighted by Gasteiger charge is -2.10. The van der Waals surface area contributed by atoms with Crippen LogP contribution < -0.4 is 4.83 Å². The van der Waals surface area contributed by atoms with Crippen molar-refractivity contribution >= 4 is 10.0 Å². The van der Waals surface area contributed by atoms with Gasteiger partial charge in [0.25, 0.3) is 10.0 Å². The maximum Gasteiger partial charge on any atom is 0.435 e. The molecule has 0 spiro atoms. The van der Waals surface area contributed by atoms with E-state index in [9.17, 15) is 21.6 Å². The summed E-state index contributed by atoms with van der Waals surface area (Å²) in [5.41, 5.74) is -1.22.